The van der Waals surface area contributed by atoms with E-state index in [-0.39, 0.29) is 5.75 Å². The summed E-state index contributed by atoms with van der Waals surface area (Å²) < 4.78 is 26.5. The first-order chi connectivity index (χ1) is 8.48. The Morgan fingerprint density at radius 1 is 1.33 bits per heavy atom. The molecule has 18 heavy (non-hydrogen) atoms. The van der Waals surface area contributed by atoms with E-state index in [0.29, 0.717) is 19.5 Å². The van der Waals surface area contributed by atoms with Crippen LogP contribution >= 0.6 is 15.9 Å². The Bertz CT molecular complexity index is 515. The molecule has 0 unspecified atom stereocenters. The van der Waals surface area contributed by atoms with Gasteiger partial charge in [-0.3, -0.25) is 0 Å². The lowest BCUT2D eigenvalue weighted by atomic mass is 10.2. The van der Waals surface area contributed by atoms with E-state index in [9.17, 15) is 8.42 Å². The summed E-state index contributed by atoms with van der Waals surface area (Å²) >= 11 is 3.53. The molecule has 0 spiro atoms. The average Bonchev–Trinajstić information content (AvgIpc) is 2.28. The van der Waals surface area contributed by atoms with Crippen LogP contribution in [0.25, 0.3) is 0 Å². The van der Waals surface area contributed by atoms with Crippen LogP contribution in [0.2, 0.25) is 0 Å². The minimum Gasteiger partial charge on any atom is -0.370 e. The standard InChI is InChI=1S/C12H17BrN2O2S/c1-10-3-4-11(9-12(10)13)15-6-2-8-18(16,17)14-5-7-15/h3-4,9,14H,2,5-8H2,1H3. The van der Waals surface area contributed by atoms with Gasteiger partial charge in [0.2, 0.25) is 10.0 Å². The molecule has 1 saturated heterocycles. The first kappa shape index (κ1) is 13.8. The number of nitrogens with zero attached hydrogens (tertiary/aromatic N) is 1. The van der Waals surface area contributed by atoms with Crippen LogP contribution in [0.15, 0.2) is 22.7 Å². The van der Waals surface area contributed by atoms with Gasteiger partial charge in [0.15, 0.2) is 0 Å². The lowest BCUT2D eigenvalue weighted by Crippen LogP contribution is -2.40. The molecule has 1 aliphatic heterocycles. The van der Waals surface area contributed by atoms with Gasteiger partial charge in [0.25, 0.3) is 0 Å². The van der Waals surface area contributed by atoms with Crippen LogP contribution in [0.4, 0.5) is 5.69 Å². The number of sulfonamides is 1. The first-order valence-corrected chi connectivity index (χ1v) is 8.41. The Morgan fingerprint density at radius 3 is 2.83 bits per heavy atom. The van der Waals surface area contributed by atoms with Crippen molar-refractivity contribution in [2.45, 2.75) is 13.3 Å². The molecule has 1 N–H and O–H groups in total. The Morgan fingerprint density at radius 2 is 2.11 bits per heavy atom. The van der Waals surface area contributed by atoms with Crippen molar-refractivity contribution in [2.24, 2.45) is 0 Å². The van der Waals surface area contributed by atoms with Crippen molar-refractivity contribution in [3.8, 4) is 0 Å². The summed E-state index contributed by atoms with van der Waals surface area (Å²) in [6.45, 7) is 3.99. The molecule has 0 saturated carbocycles. The molecule has 4 nitrogen and oxygen atoms in total. The van der Waals surface area contributed by atoms with E-state index < -0.39 is 10.0 Å². The van der Waals surface area contributed by atoms with Crippen LogP contribution in [-0.2, 0) is 10.0 Å². The number of hydrogen-bond acceptors (Lipinski definition) is 3. The van der Waals surface area contributed by atoms with Gasteiger partial charge in [0, 0.05) is 29.8 Å². The summed E-state index contributed by atoms with van der Waals surface area (Å²) in [5, 5.41) is 0. The molecule has 0 aromatic heterocycles. The topological polar surface area (TPSA) is 49.4 Å². The minimum absolute atomic E-state index is 0.205. The van der Waals surface area contributed by atoms with Gasteiger partial charge in [0.1, 0.15) is 0 Å². The molecule has 2 rings (SSSR count). The van der Waals surface area contributed by atoms with Crippen molar-refractivity contribution in [3.05, 3.63) is 28.2 Å². The third-order valence-electron chi connectivity index (χ3n) is 3.07. The summed E-state index contributed by atoms with van der Waals surface area (Å²) in [5.74, 6) is 0.205. The second-order valence-electron chi connectivity index (χ2n) is 4.49. The molecule has 0 amide bonds. The number of halogens is 1. The van der Waals surface area contributed by atoms with E-state index in [1.54, 1.807) is 0 Å². The quantitative estimate of drug-likeness (QED) is 0.854. The van der Waals surface area contributed by atoms with Crippen molar-refractivity contribution < 1.29 is 8.42 Å². The van der Waals surface area contributed by atoms with Crippen LogP contribution in [-0.4, -0.2) is 33.8 Å². The summed E-state index contributed by atoms with van der Waals surface area (Å²) in [6.07, 6.45) is 0.654. The molecule has 6 heteroatoms. The fourth-order valence-electron chi connectivity index (χ4n) is 2.00. The monoisotopic (exact) mass is 332 g/mol. The second-order valence-corrected chi connectivity index (χ2v) is 7.27. The van der Waals surface area contributed by atoms with Gasteiger partial charge in [-0.2, -0.15) is 0 Å². The molecular formula is C12H17BrN2O2S. The largest absolute Gasteiger partial charge is 0.370 e. The Kier molecular flexibility index (Phi) is 4.29. The maximum Gasteiger partial charge on any atom is 0.211 e. The molecule has 0 bridgehead atoms. The highest BCUT2D eigenvalue weighted by atomic mass is 79.9. The third kappa shape index (κ3) is 3.46. The normalized spacial score (nSPS) is 20.2. The van der Waals surface area contributed by atoms with Crippen LogP contribution in [0.5, 0.6) is 0 Å². The molecule has 1 fully saturated rings. The Balaban J connectivity index is 2.11. The summed E-state index contributed by atoms with van der Waals surface area (Å²) in [4.78, 5) is 2.21. The molecule has 0 atom stereocenters. The van der Waals surface area contributed by atoms with E-state index in [0.717, 1.165) is 16.7 Å². The number of anilines is 1. The van der Waals surface area contributed by atoms with Crippen molar-refractivity contribution in [3.63, 3.8) is 0 Å². The molecule has 1 aliphatic rings. The maximum absolute atomic E-state index is 11.4. The third-order valence-corrected chi connectivity index (χ3v) is 5.39. The van der Waals surface area contributed by atoms with Crippen molar-refractivity contribution in [1.82, 2.24) is 4.72 Å². The highest BCUT2D eigenvalue weighted by molar-refractivity contribution is 9.10. The highest BCUT2D eigenvalue weighted by Crippen LogP contribution is 2.24. The zero-order chi connectivity index (χ0) is 13.2. The van der Waals surface area contributed by atoms with Crippen molar-refractivity contribution >= 4 is 31.6 Å². The minimum atomic E-state index is -3.05. The number of nitrogens with one attached hydrogen (secondary N) is 1. The number of rotatable bonds is 1. The second kappa shape index (κ2) is 5.59. The van der Waals surface area contributed by atoms with Gasteiger partial charge in [-0.25, -0.2) is 13.1 Å². The van der Waals surface area contributed by atoms with E-state index in [2.05, 4.69) is 50.7 Å². The Hall–Kier alpha value is -0.590. The van der Waals surface area contributed by atoms with E-state index >= 15 is 0 Å². The maximum atomic E-state index is 11.4. The van der Waals surface area contributed by atoms with Gasteiger partial charge >= 0.3 is 0 Å². The van der Waals surface area contributed by atoms with Crippen LogP contribution in [0, 0.1) is 6.92 Å². The van der Waals surface area contributed by atoms with Crippen LogP contribution in [0.3, 0.4) is 0 Å². The van der Waals surface area contributed by atoms with E-state index in [4.69, 9.17) is 0 Å². The van der Waals surface area contributed by atoms with Gasteiger partial charge in [-0.15, -0.1) is 0 Å². The summed E-state index contributed by atoms with van der Waals surface area (Å²) in [6, 6.07) is 6.24. The predicted octanol–water partition coefficient (Wildman–Crippen LogP) is 1.89. The summed E-state index contributed by atoms with van der Waals surface area (Å²) in [5.41, 5.74) is 2.33. The molecule has 100 valence electrons. The average molecular weight is 333 g/mol. The smallest absolute Gasteiger partial charge is 0.211 e. The van der Waals surface area contributed by atoms with Crippen molar-refractivity contribution in [1.29, 1.82) is 0 Å². The van der Waals surface area contributed by atoms with Gasteiger partial charge < -0.3 is 4.90 Å². The van der Waals surface area contributed by atoms with Crippen LogP contribution < -0.4 is 9.62 Å². The molecule has 0 radical (unpaired) electrons. The zero-order valence-corrected chi connectivity index (χ0v) is 12.7. The fraction of sp³-hybridized carbons (Fsp3) is 0.500. The Labute approximate surface area is 117 Å². The van der Waals surface area contributed by atoms with Gasteiger partial charge in [0.05, 0.1) is 5.75 Å². The first-order valence-electron chi connectivity index (χ1n) is 5.96. The number of aryl methyl sites for hydroxylation is 1. The van der Waals surface area contributed by atoms with E-state index in [1.807, 2.05) is 0 Å². The molecule has 1 heterocycles. The summed E-state index contributed by atoms with van der Waals surface area (Å²) in [7, 11) is -3.05. The van der Waals surface area contributed by atoms with Crippen LogP contribution in [0.1, 0.15) is 12.0 Å². The van der Waals surface area contributed by atoms with E-state index in [1.165, 1.54) is 5.56 Å². The molecule has 1 aromatic rings. The lowest BCUT2D eigenvalue weighted by molar-refractivity contribution is 0.570. The van der Waals surface area contributed by atoms with Gasteiger partial charge in [-0.1, -0.05) is 22.0 Å². The highest BCUT2D eigenvalue weighted by Gasteiger charge is 2.16. The fourth-order valence-corrected chi connectivity index (χ4v) is 3.42. The predicted molar refractivity (Wildman–Crippen MR) is 77.5 cm³/mol. The zero-order valence-electron chi connectivity index (χ0n) is 10.3. The number of benzene rings is 1. The molecule has 1 aromatic carbocycles. The number of hydrogen-bond donors (Lipinski definition) is 1. The molecule has 0 aliphatic carbocycles. The lowest BCUT2D eigenvalue weighted by Gasteiger charge is -2.27. The SMILES string of the molecule is Cc1ccc(N2CCCS(=O)(=O)NCC2)cc1Br. The van der Waals surface area contributed by atoms with Crippen molar-refractivity contribution in [2.75, 3.05) is 30.3 Å². The molecular weight excluding hydrogens is 316 g/mol. The van der Waals surface area contributed by atoms with Gasteiger partial charge in [-0.05, 0) is 31.0 Å².